The van der Waals surface area contributed by atoms with Crippen LogP contribution in [0.4, 0.5) is 24.5 Å². The van der Waals surface area contributed by atoms with Gasteiger partial charge in [-0.25, -0.2) is 0 Å². The molecule has 22 heavy (non-hydrogen) atoms. The molecule has 114 valence electrons. The minimum absolute atomic E-state index is 0.0626. The number of anilines is 1. The van der Waals surface area contributed by atoms with Gasteiger partial charge in [-0.3, -0.25) is 15.5 Å². The Balaban J connectivity index is 2.05. The zero-order chi connectivity index (χ0) is 16.2. The minimum atomic E-state index is -4.41. The van der Waals surface area contributed by atoms with E-state index in [2.05, 4.69) is 10.5 Å². The van der Waals surface area contributed by atoms with E-state index in [1.54, 1.807) is 0 Å². The van der Waals surface area contributed by atoms with E-state index in [0.29, 0.717) is 5.69 Å². The SMILES string of the molecule is O=[N+]([O-])c1ccc(N/N=C/c2cccc(C(F)(F)F)c2)cc1. The fourth-order valence-electron chi connectivity index (χ4n) is 1.63. The Morgan fingerprint density at radius 1 is 1.14 bits per heavy atom. The average molecular weight is 309 g/mol. The lowest BCUT2D eigenvalue weighted by atomic mass is 10.1. The Hall–Kier alpha value is -2.90. The third kappa shape index (κ3) is 4.05. The highest BCUT2D eigenvalue weighted by molar-refractivity contribution is 5.80. The van der Waals surface area contributed by atoms with E-state index in [-0.39, 0.29) is 11.3 Å². The molecule has 0 heterocycles. The summed E-state index contributed by atoms with van der Waals surface area (Å²) < 4.78 is 37.6. The normalized spacial score (nSPS) is 11.6. The van der Waals surface area contributed by atoms with Gasteiger partial charge in [-0.05, 0) is 29.8 Å². The molecule has 0 spiro atoms. The summed E-state index contributed by atoms with van der Waals surface area (Å²) in [6.45, 7) is 0. The third-order valence-corrected chi connectivity index (χ3v) is 2.70. The van der Waals surface area contributed by atoms with Crippen LogP contribution in [-0.4, -0.2) is 11.1 Å². The van der Waals surface area contributed by atoms with E-state index in [4.69, 9.17) is 0 Å². The van der Waals surface area contributed by atoms with Crippen LogP contribution in [0.2, 0.25) is 0 Å². The van der Waals surface area contributed by atoms with Crippen LogP contribution >= 0.6 is 0 Å². The van der Waals surface area contributed by atoms with Gasteiger partial charge in [0.15, 0.2) is 0 Å². The van der Waals surface area contributed by atoms with Crippen LogP contribution in [0.25, 0.3) is 0 Å². The van der Waals surface area contributed by atoms with Gasteiger partial charge in [0.2, 0.25) is 0 Å². The second-order valence-corrected chi connectivity index (χ2v) is 4.30. The molecule has 0 aromatic heterocycles. The number of non-ortho nitro benzene ring substituents is 1. The van der Waals surface area contributed by atoms with Crippen molar-refractivity contribution in [3.05, 3.63) is 69.8 Å². The molecule has 0 saturated heterocycles. The zero-order valence-corrected chi connectivity index (χ0v) is 11.0. The van der Waals surface area contributed by atoms with Crippen molar-refractivity contribution in [2.75, 3.05) is 5.43 Å². The fraction of sp³-hybridized carbons (Fsp3) is 0.0714. The fourth-order valence-corrected chi connectivity index (χ4v) is 1.63. The van der Waals surface area contributed by atoms with Crippen molar-refractivity contribution < 1.29 is 18.1 Å². The summed E-state index contributed by atoms with van der Waals surface area (Å²) in [6.07, 6.45) is -3.17. The van der Waals surface area contributed by atoms with Crippen LogP contribution in [0.1, 0.15) is 11.1 Å². The van der Waals surface area contributed by atoms with Crippen molar-refractivity contribution >= 4 is 17.6 Å². The van der Waals surface area contributed by atoms with Gasteiger partial charge in [0.25, 0.3) is 5.69 Å². The summed E-state index contributed by atoms with van der Waals surface area (Å²) in [4.78, 5) is 9.96. The van der Waals surface area contributed by atoms with Gasteiger partial charge in [-0.1, -0.05) is 12.1 Å². The number of nitro benzene ring substituents is 1. The summed E-state index contributed by atoms with van der Waals surface area (Å²) in [5.74, 6) is 0. The predicted molar refractivity (Wildman–Crippen MR) is 75.8 cm³/mol. The molecule has 0 aliphatic heterocycles. The highest BCUT2D eigenvalue weighted by Gasteiger charge is 2.30. The lowest BCUT2D eigenvalue weighted by molar-refractivity contribution is -0.384. The molecule has 0 saturated carbocycles. The number of nitrogens with zero attached hydrogens (tertiary/aromatic N) is 2. The van der Waals surface area contributed by atoms with Crippen LogP contribution in [0.3, 0.4) is 0 Å². The molecular formula is C14H10F3N3O2. The summed E-state index contributed by atoms with van der Waals surface area (Å²) in [7, 11) is 0. The molecule has 0 aliphatic rings. The monoisotopic (exact) mass is 309 g/mol. The van der Waals surface area contributed by atoms with Gasteiger partial charge in [-0.15, -0.1) is 0 Å². The highest BCUT2D eigenvalue weighted by Crippen LogP contribution is 2.29. The second kappa shape index (κ2) is 6.25. The maximum absolute atomic E-state index is 12.5. The van der Waals surface area contributed by atoms with Gasteiger partial charge in [0, 0.05) is 12.1 Å². The first-order valence-corrected chi connectivity index (χ1v) is 6.07. The molecule has 2 aromatic carbocycles. The van der Waals surface area contributed by atoms with Gasteiger partial charge < -0.3 is 0 Å². The molecule has 0 aliphatic carbocycles. The quantitative estimate of drug-likeness (QED) is 0.526. The van der Waals surface area contributed by atoms with Crippen LogP contribution in [-0.2, 0) is 6.18 Å². The van der Waals surface area contributed by atoms with Crippen LogP contribution in [0.15, 0.2) is 53.6 Å². The smallest absolute Gasteiger partial charge is 0.278 e. The molecule has 2 rings (SSSR count). The van der Waals surface area contributed by atoms with E-state index >= 15 is 0 Å². The van der Waals surface area contributed by atoms with Gasteiger partial charge in [0.1, 0.15) is 0 Å². The van der Waals surface area contributed by atoms with E-state index in [9.17, 15) is 23.3 Å². The number of benzene rings is 2. The zero-order valence-electron chi connectivity index (χ0n) is 11.0. The van der Waals surface area contributed by atoms with Crippen molar-refractivity contribution in [3.8, 4) is 0 Å². The lowest BCUT2D eigenvalue weighted by Crippen LogP contribution is -2.05. The van der Waals surface area contributed by atoms with Gasteiger partial charge in [-0.2, -0.15) is 18.3 Å². The largest absolute Gasteiger partial charge is 0.416 e. The summed E-state index contributed by atoms with van der Waals surface area (Å²) in [5, 5.41) is 14.3. The van der Waals surface area contributed by atoms with Crippen molar-refractivity contribution in [2.45, 2.75) is 6.18 Å². The van der Waals surface area contributed by atoms with E-state index < -0.39 is 16.7 Å². The average Bonchev–Trinajstić information content (AvgIpc) is 2.47. The Morgan fingerprint density at radius 3 is 2.41 bits per heavy atom. The number of alkyl halides is 3. The molecule has 0 radical (unpaired) electrons. The number of rotatable bonds is 4. The number of nitrogens with one attached hydrogen (secondary N) is 1. The number of nitro groups is 1. The maximum atomic E-state index is 12.5. The maximum Gasteiger partial charge on any atom is 0.416 e. The second-order valence-electron chi connectivity index (χ2n) is 4.30. The highest BCUT2D eigenvalue weighted by atomic mass is 19.4. The predicted octanol–water partition coefficient (Wildman–Crippen LogP) is 4.06. The summed E-state index contributed by atoms with van der Waals surface area (Å²) in [6, 6.07) is 10.2. The van der Waals surface area contributed by atoms with E-state index in [1.165, 1.54) is 42.6 Å². The third-order valence-electron chi connectivity index (χ3n) is 2.70. The number of hydrazone groups is 1. The molecule has 8 heteroatoms. The summed E-state index contributed by atoms with van der Waals surface area (Å²) >= 11 is 0. The lowest BCUT2D eigenvalue weighted by Gasteiger charge is -2.06. The number of hydrogen-bond acceptors (Lipinski definition) is 4. The number of hydrogen-bond donors (Lipinski definition) is 1. The first-order valence-electron chi connectivity index (χ1n) is 6.07. The topological polar surface area (TPSA) is 67.5 Å². The van der Waals surface area contributed by atoms with Crippen molar-refractivity contribution in [1.29, 1.82) is 0 Å². The molecule has 0 amide bonds. The van der Waals surface area contributed by atoms with Gasteiger partial charge >= 0.3 is 6.18 Å². The molecule has 0 bridgehead atoms. The summed E-state index contributed by atoms with van der Waals surface area (Å²) in [5.41, 5.74) is 2.52. The Kier molecular flexibility index (Phi) is 4.40. The first-order chi connectivity index (χ1) is 10.4. The Morgan fingerprint density at radius 2 is 1.82 bits per heavy atom. The standard InChI is InChI=1S/C14H10F3N3O2/c15-14(16,17)11-3-1-2-10(8-11)9-18-19-12-4-6-13(7-5-12)20(21)22/h1-9,19H/b18-9+. The molecule has 5 nitrogen and oxygen atoms in total. The van der Waals surface area contributed by atoms with Crippen molar-refractivity contribution in [3.63, 3.8) is 0 Å². The first kappa shape index (κ1) is 15.5. The molecule has 1 N–H and O–H groups in total. The molecule has 0 atom stereocenters. The van der Waals surface area contributed by atoms with Crippen molar-refractivity contribution in [1.82, 2.24) is 0 Å². The van der Waals surface area contributed by atoms with Crippen molar-refractivity contribution in [2.24, 2.45) is 5.10 Å². The molecule has 0 unspecified atom stereocenters. The van der Waals surface area contributed by atoms with Crippen LogP contribution < -0.4 is 5.43 Å². The Labute approximate surface area is 123 Å². The molecule has 0 fully saturated rings. The number of halogens is 3. The van der Waals surface area contributed by atoms with Crippen LogP contribution in [0, 0.1) is 10.1 Å². The molecule has 2 aromatic rings. The molecular weight excluding hydrogens is 299 g/mol. The van der Waals surface area contributed by atoms with Crippen LogP contribution in [0.5, 0.6) is 0 Å². The minimum Gasteiger partial charge on any atom is -0.278 e. The Bertz CT molecular complexity index is 697. The van der Waals surface area contributed by atoms with E-state index in [0.717, 1.165) is 12.1 Å². The van der Waals surface area contributed by atoms with Gasteiger partial charge in [0.05, 0.1) is 22.4 Å². The van der Waals surface area contributed by atoms with E-state index in [1.807, 2.05) is 0 Å².